The number of carbonyl (C=O) groups is 2. The maximum absolute atomic E-state index is 13.5. The first-order chi connectivity index (χ1) is 14.4. The number of likely N-dealkylation sites (tertiary alicyclic amines) is 1. The number of hydrogen-bond acceptors (Lipinski definition) is 3. The molecule has 0 spiro atoms. The Labute approximate surface area is 178 Å². The summed E-state index contributed by atoms with van der Waals surface area (Å²) in [6.07, 6.45) is 1.63. The zero-order valence-corrected chi connectivity index (χ0v) is 17.0. The van der Waals surface area contributed by atoms with Crippen molar-refractivity contribution in [3.05, 3.63) is 70.2 Å². The number of nitrogens with one attached hydrogen (secondary N) is 2. The van der Waals surface area contributed by atoms with E-state index in [2.05, 4.69) is 15.5 Å². The molecule has 2 aromatic carbocycles. The van der Waals surface area contributed by atoms with Crippen molar-refractivity contribution in [3.8, 4) is 0 Å². The number of hydrogen-bond donors (Lipinski definition) is 2. The zero-order valence-electron chi connectivity index (χ0n) is 16.3. The molecular weight excluding hydrogens is 412 g/mol. The molecule has 2 aliphatic heterocycles. The second-order valence-corrected chi connectivity index (χ2v) is 8.38. The summed E-state index contributed by atoms with van der Waals surface area (Å²) in [4.78, 5) is 26.9. The molecule has 2 heterocycles. The van der Waals surface area contributed by atoms with Crippen molar-refractivity contribution in [3.63, 3.8) is 0 Å². The van der Waals surface area contributed by atoms with E-state index < -0.39 is 23.2 Å². The smallest absolute Gasteiger partial charge is 0.322 e. The number of urea groups is 1. The molecule has 8 heteroatoms. The lowest BCUT2D eigenvalue weighted by Gasteiger charge is -2.41. The van der Waals surface area contributed by atoms with Gasteiger partial charge in [-0.25, -0.2) is 13.6 Å². The fourth-order valence-electron chi connectivity index (χ4n) is 4.55. The standard InChI is InChI=1S/C22H22ClF2N3O2/c23-19-4-2-1-3-15(19)12-22(20(29)26-21(30)27-22)16-5-7-28(8-6-16)13-14-9-17(24)11-18(25)10-14/h1-4,9-11,16H,5-8,12-13H2,(H2,26,27,29,30). The zero-order chi connectivity index (χ0) is 21.3. The number of nitrogens with zero attached hydrogens (tertiary/aromatic N) is 1. The maximum Gasteiger partial charge on any atom is 0.322 e. The van der Waals surface area contributed by atoms with Crippen LogP contribution >= 0.6 is 11.6 Å². The van der Waals surface area contributed by atoms with Crippen LogP contribution in [0.25, 0.3) is 0 Å². The first-order valence-electron chi connectivity index (χ1n) is 9.90. The van der Waals surface area contributed by atoms with Crippen LogP contribution in [0.15, 0.2) is 42.5 Å². The van der Waals surface area contributed by atoms with Crippen molar-refractivity contribution >= 4 is 23.5 Å². The van der Waals surface area contributed by atoms with E-state index in [9.17, 15) is 18.4 Å². The Balaban J connectivity index is 1.49. The van der Waals surface area contributed by atoms with Crippen LogP contribution in [0.4, 0.5) is 13.6 Å². The van der Waals surface area contributed by atoms with Crippen molar-refractivity contribution < 1.29 is 18.4 Å². The topological polar surface area (TPSA) is 61.4 Å². The molecule has 0 bridgehead atoms. The van der Waals surface area contributed by atoms with E-state index in [4.69, 9.17) is 11.6 Å². The Morgan fingerprint density at radius 1 is 1.07 bits per heavy atom. The van der Waals surface area contributed by atoms with Crippen LogP contribution in [0, 0.1) is 17.6 Å². The quantitative estimate of drug-likeness (QED) is 0.707. The number of piperidine rings is 1. The predicted octanol–water partition coefficient (Wildman–Crippen LogP) is 3.65. The summed E-state index contributed by atoms with van der Waals surface area (Å²) in [5.74, 6) is -1.60. The van der Waals surface area contributed by atoms with Crippen LogP contribution in [0.1, 0.15) is 24.0 Å². The van der Waals surface area contributed by atoms with Crippen LogP contribution in [-0.2, 0) is 17.8 Å². The predicted molar refractivity (Wildman–Crippen MR) is 109 cm³/mol. The van der Waals surface area contributed by atoms with Gasteiger partial charge >= 0.3 is 6.03 Å². The summed E-state index contributed by atoms with van der Waals surface area (Å²) in [6, 6.07) is 10.3. The molecule has 1 atom stereocenters. The van der Waals surface area contributed by atoms with Crippen LogP contribution < -0.4 is 10.6 Å². The third kappa shape index (κ3) is 4.18. The van der Waals surface area contributed by atoms with Crippen LogP contribution in [0.2, 0.25) is 5.02 Å². The van der Waals surface area contributed by atoms with Gasteiger partial charge in [-0.3, -0.25) is 15.0 Å². The molecule has 1 unspecified atom stereocenters. The van der Waals surface area contributed by atoms with Crippen LogP contribution in [-0.4, -0.2) is 35.5 Å². The normalized spacial score (nSPS) is 22.8. The largest absolute Gasteiger partial charge is 0.323 e. The lowest BCUT2D eigenvalue weighted by molar-refractivity contribution is -0.126. The molecule has 5 nitrogen and oxygen atoms in total. The SMILES string of the molecule is O=C1NC(=O)C(Cc2ccccc2Cl)(C2CCN(Cc3cc(F)cc(F)c3)CC2)N1. The Bertz CT molecular complexity index is 958. The Hall–Kier alpha value is -2.51. The van der Waals surface area contributed by atoms with Gasteiger partial charge in [0.2, 0.25) is 0 Å². The van der Waals surface area contributed by atoms with E-state index >= 15 is 0 Å². The highest BCUT2D eigenvalue weighted by atomic mass is 35.5. The highest BCUT2D eigenvalue weighted by Crippen LogP contribution is 2.35. The minimum Gasteiger partial charge on any atom is -0.323 e. The molecule has 0 saturated carbocycles. The summed E-state index contributed by atoms with van der Waals surface area (Å²) in [6.45, 7) is 1.73. The van der Waals surface area contributed by atoms with Gasteiger partial charge in [-0.15, -0.1) is 0 Å². The minimum absolute atomic E-state index is 0.0827. The number of rotatable bonds is 5. The molecule has 2 fully saturated rings. The summed E-state index contributed by atoms with van der Waals surface area (Å²) in [5.41, 5.74) is 0.317. The maximum atomic E-state index is 13.5. The average molecular weight is 434 g/mol. The van der Waals surface area contributed by atoms with E-state index in [0.717, 1.165) is 11.6 Å². The van der Waals surface area contributed by atoms with Crippen molar-refractivity contribution in [2.75, 3.05) is 13.1 Å². The summed E-state index contributed by atoms with van der Waals surface area (Å²) < 4.78 is 26.9. The Morgan fingerprint density at radius 2 is 1.73 bits per heavy atom. The van der Waals surface area contributed by atoms with Crippen molar-refractivity contribution in [2.45, 2.75) is 31.3 Å². The van der Waals surface area contributed by atoms with Gasteiger partial charge in [0.15, 0.2) is 0 Å². The molecular formula is C22H22ClF2N3O2. The molecule has 2 aliphatic rings. The van der Waals surface area contributed by atoms with Gasteiger partial charge in [0.1, 0.15) is 17.2 Å². The fraction of sp³-hybridized carbons (Fsp3) is 0.364. The minimum atomic E-state index is -1.06. The monoisotopic (exact) mass is 433 g/mol. The summed E-state index contributed by atoms with van der Waals surface area (Å²) >= 11 is 6.31. The third-order valence-corrected chi connectivity index (χ3v) is 6.38. The van der Waals surface area contributed by atoms with E-state index in [-0.39, 0.29) is 11.8 Å². The molecule has 30 heavy (non-hydrogen) atoms. The van der Waals surface area contributed by atoms with Gasteiger partial charge in [-0.1, -0.05) is 29.8 Å². The van der Waals surface area contributed by atoms with Crippen LogP contribution in [0.5, 0.6) is 0 Å². The third-order valence-electron chi connectivity index (χ3n) is 6.01. The molecule has 0 aliphatic carbocycles. The molecule has 0 radical (unpaired) electrons. The fourth-order valence-corrected chi connectivity index (χ4v) is 4.75. The Morgan fingerprint density at radius 3 is 2.33 bits per heavy atom. The highest BCUT2D eigenvalue weighted by Gasteiger charge is 2.52. The first-order valence-corrected chi connectivity index (χ1v) is 10.3. The lowest BCUT2D eigenvalue weighted by atomic mass is 9.74. The van der Waals surface area contributed by atoms with Gasteiger partial charge < -0.3 is 5.32 Å². The second-order valence-electron chi connectivity index (χ2n) is 7.98. The number of imide groups is 1. The lowest BCUT2D eigenvalue weighted by Crippen LogP contribution is -2.57. The number of amides is 3. The van der Waals surface area contributed by atoms with Crippen molar-refractivity contribution in [1.82, 2.24) is 15.5 Å². The number of halogens is 3. The Kier molecular flexibility index (Phi) is 5.75. The van der Waals surface area contributed by atoms with Gasteiger partial charge in [0, 0.05) is 24.1 Å². The molecule has 2 aromatic rings. The van der Waals surface area contributed by atoms with E-state index in [0.29, 0.717) is 49.5 Å². The van der Waals surface area contributed by atoms with E-state index in [1.165, 1.54) is 12.1 Å². The average Bonchev–Trinajstić information content (AvgIpc) is 2.97. The number of benzene rings is 2. The highest BCUT2D eigenvalue weighted by molar-refractivity contribution is 6.31. The van der Waals surface area contributed by atoms with Crippen molar-refractivity contribution in [1.29, 1.82) is 0 Å². The van der Waals surface area contributed by atoms with Gasteiger partial charge in [0.25, 0.3) is 5.91 Å². The molecule has 2 N–H and O–H groups in total. The van der Waals surface area contributed by atoms with E-state index in [1.54, 1.807) is 6.07 Å². The molecule has 2 saturated heterocycles. The molecule has 3 amide bonds. The van der Waals surface area contributed by atoms with Gasteiger partial charge in [0.05, 0.1) is 0 Å². The van der Waals surface area contributed by atoms with Crippen molar-refractivity contribution in [2.24, 2.45) is 5.92 Å². The molecule has 158 valence electrons. The van der Waals surface area contributed by atoms with Crippen LogP contribution in [0.3, 0.4) is 0 Å². The second kappa shape index (κ2) is 8.32. The summed E-state index contributed by atoms with van der Waals surface area (Å²) in [5, 5.41) is 5.80. The number of carbonyl (C=O) groups excluding carboxylic acids is 2. The summed E-state index contributed by atoms with van der Waals surface area (Å²) in [7, 11) is 0. The first kappa shape index (κ1) is 20.8. The molecule has 4 rings (SSSR count). The van der Waals surface area contributed by atoms with Gasteiger partial charge in [-0.05, 0) is 61.2 Å². The van der Waals surface area contributed by atoms with E-state index in [1.807, 2.05) is 18.2 Å². The van der Waals surface area contributed by atoms with Gasteiger partial charge in [-0.2, -0.15) is 0 Å². The molecule has 0 aromatic heterocycles.